The number of guanidine groups is 1. The van der Waals surface area contributed by atoms with Gasteiger partial charge < -0.3 is 25.4 Å². The monoisotopic (exact) mass is 340 g/mol. The fourth-order valence-corrected chi connectivity index (χ4v) is 3.38. The zero-order valence-corrected chi connectivity index (χ0v) is 14.8. The molecule has 0 aliphatic carbocycles. The van der Waals surface area contributed by atoms with Crippen LogP contribution >= 0.6 is 0 Å². The van der Waals surface area contributed by atoms with E-state index < -0.39 is 0 Å². The summed E-state index contributed by atoms with van der Waals surface area (Å²) in [6, 6.07) is 0. The third-order valence-electron chi connectivity index (χ3n) is 4.65. The zero-order valence-electron chi connectivity index (χ0n) is 14.8. The van der Waals surface area contributed by atoms with Gasteiger partial charge in [-0.2, -0.15) is 0 Å². The van der Waals surface area contributed by atoms with E-state index >= 15 is 0 Å². The van der Waals surface area contributed by atoms with Crippen LogP contribution in [0.2, 0.25) is 0 Å². The van der Waals surface area contributed by atoms with Crippen LogP contribution < -0.4 is 11.1 Å². The van der Waals surface area contributed by atoms with Crippen molar-refractivity contribution in [2.24, 2.45) is 22.6 Å². The molecule has 1 amide bonds. The van der Waals surface area contributed by atoms with Gasteiger partial charge in [0, 0.05) is 52.2 Å². The number of hydrogen-bond donors (Lipinski definition) is 2. The van der Waals surface area contributed by atoms with Gasteiger partial charge >= 0.3 is 0 Å². The van der Waals surface area contributed by atoms with Gasteiger partial charge in [-0.3, -0.25) is 9.79 Å². The minimum atomic E-state index is -0.213. The lowest BCUT2D eigenvalue weighted by atomic mass is 9.95. The average Bonchev–Trinajstić information content (AvgIpc) is 3.07. The van der Waals surface area contributed by atoms with E-state index in [0.29, 0.717) is 18.3 Å². The summed E-state index contributed by atoms with van der Waals surface area (Å²) in [5.41, 5.74) is 5.32. The minimum Gasteiger partial charge on any atom is -0.381 e. The Kier molecular flexibility index (Phi) is 8.32. The number of nitrogens with two attached hydrogens (primary N) is 1. The normalized spacial score (nSPS) is 25.0. The van der Waals surface area contributed by atoms with Crippen LogP contribution in [0.4, 0.5) is 0 Å². The lowest BCUT2D eigenvalue weighted by Crippen LogP contribution is -2.47. The SMILES string of the molecule is CN=C(NCCCOCC1CCOC1)N1CCCC(CC(N)=O)C1. The second-order valence-electron chi connectivity index (χ2n) is 6.76. The Morgan fingerprint density at radius 1 is 1.42 bits per heavy atom. The molecular formula is C17H32N4O3. The summed E-state index contributed by atoms with van der Waals surface area (Å²) in [6.45, 7) is 5.93. The van der Waals surface area contributed by atoms with Gasteiger partial charge in [0.05, 0.1) is 13.2 Å². The fourth-order valence-electron chi connectivity index (χ4n) is 3.38. The van der Waals surface area contributed by atoms with Crippen LogP contribution in [0.5, 0.6) is 0 Å². The number of carbonyl (C=O) groups excluding carboxylic acids is 1. The number of carbonyl (C=O) groups is 1. The second kappa shape index (κ2) is 10.5. The van der Waals surface area contributed by atoms with Crippen molar-refractivity contribution >= 4 is 11.9 Å². The van der Waals surface area contributed by atoms with E-state index in [4.69, 9.17) is 15.2 Å². The largest absolute Gasteiger partial charge is 0.381 e. The highest BCUT2D eigenvalue weighted by Crippen LogP contribution is 2.19. The second-order valence-corrected chi connectivity index (χ2v) is 6.76. The number of amides is 1. The number of nitrogens with zero attached hydrogens (tertiary/aromatic N) is 2. The summed E-state index contributed by atoms with van der Waals surface area (Å²) in [5, 5.41) is 3.40. The quantitative estimate of drug-likeness (QED) is 0.383. The first-order valence-corrected chi connectivity index (χ1v) is 9.08. The molecule has 7 nitrogen and oxygen atoms in total. The molecule has 2 fully saturated rings. The Morgan fingerprint density at radius 3 is 3.00 bits per heavy atom. The molecule has 0 radical (unpaired) electrons. The smallest absolute Gasteiger partial charge is 0.217 e. The summed E-state index contributed by atoms with van der Waals surface area (Å²) in [7, 11) is 1.80. The number of ether oxygens (including phenoxy) is 2. The standard InChI is InChI=1S/C17H32N4O3/c1-19-17(21-7-2-4-14(11-21)10-16(18)22)20-6-3-8-23-12-15-5-9-24-13-15/h14-15H,2-13H2,1H3,(H2,18,22)(H,19,20). The van der Waals surface area contributed by atoms with Crippen LogP contribution in [0, 0.1) is 11.8 Å². The maximum atomic E-state index is 11.1. The topological polar surface area (TPSA) is 89.2 Å². The van der Waals surface area contributed by atoms with E-state index in [0.717, 1.165) is 77.7 Å². The highest BCUT2D eigenvalue weighted by molar-refractivity contribution is 5.80. The number of hydrogen-bond acceptors (Lipinski definition) is 4. The van der Waals surface area contributed by atoms with Gasteiger partial charge in [0.25, 0.3) is 0 Å². The summed E-state index contributed by atoms with van der Waals surface area (Å²) >= 11 is 0. The molecule has 138 valence electrons. The molecule has 7 heteroatoms. The van der Waals surface area contributed by atoms with Gasteiger partial charge in [-0.25, -0.2) is 0 Å². The molecule has 2 rings (SSSR count). The van der Waals surface area contributed by atoms with Crippen molar-refractivity contribution in [3.63, 3.8) is 0 Å². The van der Waals surface area contributed by atoms with Crippen LogP contribution in [-0.2, 0) is 14.3 Å². The number of aliphatic imine (C=N–C) groups is 1. The number of likely N-dealkylation sites (tertiary alicyclic amines) is 1. The lowest BCUT2D eigenvalue weighted by molar-refractivity contribution is -0.119. The van der Waals surface area contributed by atoms with Crippen molar-refractivity contribution in [2.45, 2.75) is 32.1 Å². The van der Waals surface area contributed by atoms with Gasteiger partial charge in [-0.1, -0.05) is 0 Å². The van der Waals surface area contributed by atoms with Gasteiger partial charge in [0.2, 0.25) is 5.91 Å². The Bertz CT molecular complexity index is 411. The molecule has 2 saturated heterocycles. The fraction of sp³-hybridized carbons (Fsp3) is 0.882. The number of rotatable bonds is 8. The average molecular weight is 340 g/mol. The van der Waals surface area contributed by atoms with E-state index in [1.54, 1.807) is 7.05 Å². The molecule has 0 aromatic rings. The van der Waals surface area contributed by atoms with Crippen LogP contribution in [0.1, 0.15) is 32.1 Å². The number of nitrogens with one attached hydrogen (secondary N) is 1. The van der Waals surface area contributed by atoms with E-state index in [2.05, 4.69) is 15.2 Å². The molecule has 3 N–H and O–H groups in total. The van der Waals surface area contributed by atoms with Crippen molar-refractivity contribution in [1.82, 2.24) is 10.2 Å². The first-order chi connectivity index (χ1) is 11.7. The first kappa shape index (κ1) is 19.0. The van der Waals surface area contributed by atoms with Crippen molar-refractivity contribution < 1.29 is 14.3 Å². The van der Waals surface area contributed by atoms with Crippen LogP contribution in [0.25, 0.3) is 0 Å². The third-order valence-corrected chi connectivity index (χ3v) is 4.65. The highest BCUT2D eigenvalue weighted by atomic mass is 16.5. The third kappa shape index (κ3) is 6.65. The van der Waals surface area contributed by atoms with E-state index in [1.165, 1.54) is 0 Å². The summed E-state index contributed by atoms with van der Waals surface area (Å²) in [4.78, 5) is 17.7. The molecule has 24 heavy (non-hydrogen) atoms. The Hall–Kier alpha value is -1.34. The molecule has 0 aromatic heterocycles. The predicted molar refractivity (Wildman–Crippen MR) is 93.8 cm³/mol. The van der Waals surface area contributed by atoms with Crippen molar-refractivity contribution in [3.8, 4) is 0 Å². The molecule has 0 aromatic carbocycles. The van der Waals surface area contributed by atoms with Gasteiger partial charge in [-0.15, -0.1) is 0 Å². The van der Waals surface area contributed by atoms with Crippen LogP contribution in [0.3, 0.4) is 0 Å². The predicted octanol–water partition coefficient (Wildman–Crippen LogP) is 0.592. The summed E-state index contributed by atoms with van der Waals surface area (Å²) in [5.74, 6) is 1.61. The van der Waals surface area contributed by atoms with Gasteiger partial charge in [-0.05, 0) is 31.6 Å². The molecule has 2 unspecified atom stereocenters. The zero-order chi connectivity index (χ0) is 17.2. The van der Waals surface area contributed by atoms with E-state index in [1.807, 2.05) is 0 Å². The lowest BCUT2D eigenvalue weighted by Gasteiger charge is -2.34. The maximum absolute atomic E-state index is 11.1. The summed E-state index contributed by atoms with van der Waals surface area (Å²) in [6.07, 6.45) is 4.67. The minimum absolute atomic E-state index is 0.213. The van der Waals surface area contributed by atoms with Crippen molar-refractivity contribution in [1.29, 1.82) is 0 Å². The van der Waals surface area contributed by atoms with E-state index in [-0.39, 0.29) is 5.91 Å². The van der Waals surface area contributed by atoms with Crippen molar-refractivity contribution in [3.05, 3.63) is 0 Å². The molecule has 0 bridgehead atoms. The van der Waals surface area contributed by atoms with Gasteiger partial charge in [0.15, 0.2) is 5.96 Å². The molecule has 2 atom stereocenters. The van der Waals surface area contributed by atoms with Crippen molar-refractivity contribution in [2.75, 3.05) is 53.1 Å². The Morgan fingerprint density at radius 2 is 2.29 bits per heavy atom. The molecule has 2 aliphatic rings. The summed E-state index contributed by atoms with van der Waals surface area (Å²) < 4.78 is 11.1. The van der Waals surface area contributed by atoms with Crippen LogP contribution in [0.15, 0.2) is 4.99 Å². The molecule has 0 spiro atoms. The highest BCUT2D eigenvalue weighted by Gasteiger charge is 2.23. The first-order valence-electron chi connectivity index (χ1n) is 9.08. The van der Waals surface area contributed by atoms with E-state index in [9.17, 15) is 4.79 Å². The molecular weight excluding hydrogens is 308 g/mol. The van der Waals surface area contributed by atoms with Crippen LogP contribution in [-0.4, -0.2) is 69.9 Å². The molecule has 2 aliphatic heterocycles. The Labute approximate surface area is 145 Å². The molecule has 2 heterocycles. The molecule has 0 saturated carbocycles. The number of primary amides is 1. The number of piperidine rings is 1. The maximum Gasteiger partial charge on any atom is 0.217 e. The van der Waals surface area contributed by atoms with Gasteiger partial charge in [0.1, 0.15) is 0 Å². The Balaban J connectivity index is 1.60.